The van der Waals surface area contributed by atoms with Crippen LogP contribution in [0.5, 0.6) is 0 Å². The van der Waals surface area contributed by atoms with E-state index in [0.29, 0.717) is 0 Å². The van der Waals surface area contributed by atoms with Gasteiger partial charge in [-0.25, -0.2) is 5.43 Å². The minimum atomic E-state index is -0.647. The number of hydrazone groups is 1. The standard InChI is InChI=1S/C12H7BrClN3O3S/c13-11-4-2-8(21-11)6-15-16-12(18)7-1-3-9(14)10(5-7)17(19)20/h1-6H,(H,16,18). The molecule has 0 spiro atoms. The third-order valence-corrected chi connectivity index (χ3v) is 4.23. The van der Waals surface area contributed by atoms with Gasteiger partial charge in [0, 0.05) is 16.5 Å². The van der Waals surface area contributed by atoms with Gasteiger partial charge in [-0.15, -0.1) is 11.3 Å². The lowest BCUT2D eigenvalue weighted by Crippen LogP contribution is -2.17. The molecule has 0 saturated heterocycles. The van der Waals surface area contributed by atoms with Crippen LogP contribution in [0.2, 0.25) is 5.02 Å². The van der Waals surface area contributed by atoms with Crippen molar-refractivity contribution < 1.29 is 9.72 Å². The molecule has 1 N–H and O–H groups in total. The van der Waals surface area contributed by atoms with Crippen LogP contribution in [-0.4, -0.2) is 17.0 Å². The van der Waals surface area contributed by atoms with Gasteiger partial charge in [0.15, 0.2) is 0 Å². The maximum atomic E-state index is 11.8. The van der Waals surface area contributed by atoms with E-state index in [-0.39, 0.29) is 16.3 Å². The molecule has 2 aromatic rings. The average molecular weight is 389 g/mol. The van der Waals surface area contributed by atoms with Gasteiger partial charge in [-0.3, -0.25) is 14.9 Å². The summed E-state index contributed by atoms with van der Waals surface area (Å²) in [6.45, 7) is 0. The zero-order valence-electron chi connectivity index (χ0n) is 10.2. The molecule has 0 aliphatic carbocycles. The molecule has 1 aromatic carbocycles. The number of rotatable bonds is 4. The number of nitrogens with one attached hydrogen (secondary N) is 1. The van der Waals surface area contributed by atoms with Crippen LogP contribution in [0.4, 0.5) is 5.69 Å². The number of carbonyl (C=O) groups is 1. The minimum Gasteiger partial charge on any atom is -0.267 e. The SMILES string of the molecule is O=C(NN=Cc1ccc(Br)s1)c1ccc(Cl)c([N+](=O)[O-])c1. The Bertz CT molecular complexity index is 732. The summed E-state index contributed by atoms with van der Waals surface area (Å²) in [5, 5.41) is 14.5. The van der Waals surface area contributed by atoms with Crippen molar-refractivity contribution in [2.45, 2.75) is 0 Å². The van der Waals surface area contributed by atoms with Gasteiger partial charge in [0.05, 0.1) is 14.9 Å². The molecule has 0 unspecified atom stereocenters. The highest BCUT2D eigenvalue weighted by molar-refractivity contribution is 9.11. The molecule has 2 rings (SSSR count). The van der Waals surface area contributed by atoms with Crippen LogP contribution in [0, 0.1) is 10.1 Å². The number of halogens is 2. The van der Waals surface area contributed by atoms with E-state index >= 15 is 0 Å². The van der Waals surface area contributed by atoms with E-state index in [4.69, 9.17) is 11.6 Å². The zero-order valence-corrected chi connectivity index (χ0v) is 13.4. The molecule has 1 amide bonds. The van der Waals surface area contributed by atoms with Crippen LogP contribution < -0.4 is 5.43 Å². The van der Waals surface area contributed by atoms with Gasteiger partial charge in [-0.05, 0) is 40.2 Å². The minimum absolute atomic E-state index is 0.0245. The Morgan fingerprint density at radius 2 is 2.19 bits per heavy atom. The highest BCUT2D eigenvalue weighted by Crippen LogP contribution is 2.25. The number of nitro benzene ring substituents is 1. The second kappa shape index (κ2) is 6.79. The van der Waals surface area contributed by atoms with E-state index in [1.54, 1.807) is 0 Å². The monoisotopic (exact) mass is 387 g/mol. The lowest BCUT2D eigenvalue weighted by Gasteiger charge is -2.00. The predicted molar refractivity (Wildman–Crippen MR) is 85.2 cm³/mol. The van der Waals surface area contributed by atoms with Gasteiger partial charge in [-0.2, -0.15) is 5.10 Å². The molecule has 1 aromatic heterocycles. The number of carbonyl (C=O) groups excluding carboxylic acids is 1. The zero-order chi connectivity index (χ0) is 15.4. The third kappa shape index (κ3) is 4.10. The first kappa shape index (κ1) is 15.6. The topological polar surface area (TPSA) is 84.6 Å². The van der Waals surface area contributed by atoms with Crippen LogP contribution in [0.15, 0.2) is 39.2 Å². The molecular formula is C12H7BrClN3O3S. The lowest BCUT2D eigenvalue weighted by molar-refractivity contribution is -0.384. The largest absolute Gasteiger partial charge is 0.288 e. The van der Waals surface area contributed by atoms with E-state index in [0.717, 1.165) is 14.7 Å². The number of benzene rings is 1. The summed E-state index contributed by atoms with van der Waals surface area (Å²) in [5.41, 5.74) is 2.08. The first-order valence-corrected chi connectivity index (χ1v) is 7.49. The van der Waals surface area contributed by atoms with E-state index in [2.05, 4.69) is 26.5 Å². The maximum Gasteiger partial charge on any atom is 0.288 e. The number of nitrogens with zero attached hydrogens (tertiary/aromatic N) is 2. The number of amides is 1. The van der Waals surface area contributed by atoms with Crippen molar-refractivity contribution in [3.05, 3.63) is 59.7 Å². The second-order valence-corrected chi connectivity index (χ2v) is 6.67. The fourth-order valence-corrected chi connectivity index (χ4v) is 2.89. The van der Waals surface area contributed by atoms with Crippen molar-refractivity contribution in [2.24, 2.45) is 5.10 Å². The number of hydrogen-bond acceptors (Lipinski definition) is 5. The fourth-order valence-electron chi connectivity index (χ4n) is 1.41. The van der Waals surface area contributed by atoms with E-state index < -0.39 is 10.8 Å². The van der Waals surface area contributed by atoms with Crippen molar-refractivity contribution in [2.75, 3.05) is 0 Å². The molecule has 0 fully saturated rings. The molecule has 0 radical (unpaired) electrons. The first-order valence-electron chi connectivity index (χ1n) is 5.50. The summed E-state index contributed by atoms with van der Waals surface area (Å²) in [4.78, 5) is 22.8. The Kier molecular flexibility index (Phi) is 5.05. The Labute approximate surface area is 136 Å². The fraction of sp³-hybridized carbons (Fsp3) is 0. The normalized spacial score (nSPS) is 10.8. The summed E-state index contributed by atoms with van der Waals surface area (Å²) in [7, 11) is 0. The predicted octanol–water partition coefficient (Wildman–Crippen LogP) is 3.84. The molecule has 0 atom stereocenters. The molecule has 108 valence electrons. The van der Waals surface area contributed by atoms with E-state index in [9.17, 15) is 14.9 Å². The highest BCUT2D eigenvalue weighted by atomic mass is 79.9. The summed E-state index contributed by atoms with van der Waals surface area (Å²) in [5.74, 6) is -0.554. The Hall–Kier alpha value is -1.77. The van der Waals surface area contributed by atoms with Gasteiger partial charge in [-0.1, -0.05) is 11.6 Å². The quantitative estimate of drug-likeness (QED) is 0.490. The van der Waals surface area contributed by atoms with Gasteiger partial charge in [0.25, 0.3) is 11.6 Å². The molecule has 0 aliphatic heterocycles. The Morgan fingerprint density at radius 1 is 1.43 bits per heavy atom. The second-order valence-electron chi connectivity index (χ2n) is 3.76. The summed E-state index contributed by atoms with van der Waals surface area (Å²) in [6.07, 6.45) is 1.48. The molecule has 0 bridgehead atoms. The van der Waals surface area contributed by atoms with Gasteiger partial charge in [0.2, 0.25) is 0 Å². The summed E-state index contributed by atoms with van der Waals surface area (Å²) in [6, 6.07) is 7.49. The van der Waals surface area contributed by atoms with Gasteiger partial charge in [0.1, 0.15) is 5.02 Å². The van der Waals surface area contributed by atoms with Crippen LogP contribution >= 0.6 is 38.9 Å². The molecule has 9 heteroatoms. The van der Waals surface area contributed by atoms with Crippen LogP contribution in [0.25, 0.3) is 0 Å². The molecule has 1 heterocycles. The van der Waals surface area contributed by atoms with Crippen molar-refractivity contribution in [1.82, 2.24) is 5.43 Å². The van der Waals surface area contributed by atoms with Gasteiger partial charge >= 0.3 is 0 Å². The van der Waals surface area contributed by atoms with Crippen molar-refractivity contribution >= 4 is 56.7 Å². The summed E-state index contributed by atoms with van der Waals surface area (Å²) >= 11 is 10.4. The van der Waals surface area contributed by atoms with Crippen LogP contribution in [0.3, 0.4) is 0 Å². The Morgan fingerprint density at radius 3 is 2.81 bits per heavy atom. The van der Waals surface area contributed by atoms with Crippen LogP contribution in [0.1, 0.15) is 15.2 Å². The molecule has 0 aliphatic rings. The molecular weight excluding hydrogens is 382 g/mol. The number of hydrogen-bond donors (Lipinski definition) is 1. The summed E-state index contributed by atoms with van der Waals surface area (Å²) < 4.78 is 0.948. The lowest BCUT2D eigenvalue weighted by atomic mass is 10.2. The first-order chi connectivity index (χ1) is 9.97. The van der Waals surface area contributed by atoms with E-state index in [1.165, 1.54) is 29.7 Å². The molecule has 0 saturated carbocycles. The van der Waals surface area contributed by atoms with E-state index in [1.807, 2.05) is 12.1 Å². The molecule has 6 nitrogen and oxygen atoms in total. The number of thiophene rings is 1. The maximum absolute atomic E-state index is 11.8. The van der Waals surface area contributed by atoms with Crippen LogP contribution in [-0.2, 0) is 0 Å². The average Bonchev–Trinajstić information content (AvgIpc) is 2.84. The van der Waals surface area contributed by atoms with Gasteiger partial charge < -0.3 is 0 Å². The molecule has 21 heavy (non-hydrogen) atoms. The highest BCUT2D eigenvalue weighted by Gasteiger charge is 2.15. The van der Waals surface area contributed by atoms with Crippen molar-refractivity contribution in [3.8, 4) is 0 Å². The van der Waals surface area contributed by atoms with Crippen molar-refractivity contribution in [3.63, 3.8) is 0 Å². The third-order valence-electron chi connectivity index (χ3n) is 2.36. The Balaban J connectivity index is 2.08. The number of nitro groups is 1. The van der Waals surface area contributed by atoms with Crippen molar-refractivity contribution in [1.29, 1.82) is 0 Å². The smallest absolute Gasteiger partial charge is 0.267 e.